The van der Waals surface area contributed by atoms with E-state index in [-0.39, 0.29) is 18.7 Å². The highest BCUT2D eigenvalue weighted by molar-refractivity contribution is 7.91. The molecule has 0 bridgehead atoms. The Morgan fingerprint density at radius 3 is 2.32 bits per heavy atom. The van der Waals surface area contributed by atoms with E-state index in [4.69, 9.17) is 4.74 Å². The Labute approximate surface area is 160 Å². The number of anilines is 1. The van der Waals surface area contributed by atoms with Gasteiger partial charge in [-0.2, -0.15) is 8.78 Å². The summed E-state index contributed by atoms with van der Waals surface area (Å²) in [7, 11) is -3.24. The molecule has 2 amide bonds. The van der Waals surface area contributed by atoms with E-state index in [9.17, 15) is 26.8 Å². The summed E-state index contributed by atoms with van der Waals surface area (Å²) < 4.78 is 52.8. The lowest BCUT2D eigenvalue weighted by Gasteiger charge is -2.10. The first-order valence-corrected chi connectivity index (χ1v) is 9.63. The first-order valence-electron chi connectivity index (χ1n) is 8.09. The molecule has 0 heterocycles. The second kappa shape index (κ2) is 9.27. The average molecular weight is 412 g/mol. The summed E-state index contributed by atoms with van der Waals surface area (Å²) in [6, 6.07) is 11.0. The third-order valence-electron chi connectivity index (χ3n) is 3.69. The smallest absolute Gasteiger partial charge is 0.341 e. The molecule has 0 aromatic heterocycles. The lowest BCUT2D eigenvalue weighted by atomic mass is 10.2. The summed E-state index contributed by atoms with van der Waals surface area (Å²) in [5, 5.41) is 5.08. The lowest BCUT2D eigenvalue weighted by Crippen LogP contribution is -2.28. The van der Waals surface area contributed by atoms with Crippen LogP contribution in [0.2, 0.25) is 0 Å². The van der Waals surface area contributed by atoms with Crippen molar-refractivity contribution in [1.29, 1.82) is 0 Å². The summed E-state index contributed by atoms with van der Waals surface area (Å²) >= 11 is 0. The minimum atomic E-state index is -4.68. The van der Waals surface area contributed by atoms with Gasteiger partial charge in [-0.15, -0.1) is 0 Å². The van der Waals surface area contributed by atoms with Crippen molar-refractivity contribution < 1.29 is 31.5 Å². The number of methoxy groups -OCH3 is 1. The molecule has 150 valence electrons. The second-order valence-corrected chi connectivity index (χ2v) is 7.50. The third kappa shape index (κ3) is 5.26. The molecule has 10 heteroatoms. The SMILES string of the molecule is COc1ccccc1C(=O)NCCC(=O)Nc1ccc(S(=O)(=O)C(F)F)cc1. The highest BCUT2D eigenvalue weighted by Gasteiger charge is 2.26. The van der Waals surface area contributed by atoms with Crippen LogP contribution in [0, 0.1) is 0 Å². The first kappa shape index (κ1) is 21.3. The van der Waals surface area contributed by atoms with Crippen LogP contribution < -0.4 is 15.4 Å². The van der Waals surface area contributed by atoms with Crippen LogP contribution in [0.1, 0.15) is 16.8 Å². The highest BCUT2D eigenvalue weighted by Crippen LogP contribution is 2.20. The minimum Gasteiger partial charge on any atom is -0.496 e. The van der Waals surface area contributed by atoms with E-state index >= 15 is 0 Å². The molecule has 0 saturated heterocycles. The maximum Gasteiger partial charge on any atom is 0.341 e. The molecule has 2 aromatic rings. The molecular formula is C18H18F2N2O5S. The predicted molar refractivity (Wildman–Crippen MR) is 98.2 cm³/mol. The number of nitrogens with one attached hydrogen (secondary N) is 2. The van der Waals surface area contributed by atoms with E-state index in [1.54, 1.807) is 24.3 Å². The van der Waals surface area contributed by atoms with Crippen LogP contribution in [0.5, 0.6) is 5.75 Å². The van der Waals surface area contributed by atoms with Gasteiger partial charge in [-0.25, -0.2) is 8.42 Å². The Morgan fingerprint density at radius 1 is 1.07 bits per heavy atom. The fourth-order valence-corrected chi connectivity index (χ4v) is 2.99. The van der Waals surface area contributed by atoms with Gasteiger partial charge in [0.2, 0.25) is 15.7 Å². The van der Waals surface area contributed by atoms with Crippen LogP contribution in [-0.2, 0) is 14.6 Å². The molecular weight excluding hydrogens is 394 g/mol. The number of para-hydroxylation sites is 1. The number of benzene rings is 2. The molecule has 0 spiro atoms. The van der Waals surface area contributed by atoms with Crippen molar-refractivity contribution in [2.45, 2.75) is 17.1 Å². The summed E-state index contributed by atoms with van der Waals surface area (Å²) in [6.07, 6.45) is -0.0437. The summed E-state index contributed by atoms with van der Waals surface area (Å²) in [5.74, 6) is -3.94. The topological polar surface area (TPSA) is 102 Å². The Balaban J connectivity index is 1.87. The second-order valence-electron chi connectivity index (χ2n) is 5.58. The van der Waals surface area contributed by atoms with Gasteiger partial charge in [-0.1, -0.05) is 12.1 Å². The zero-order valence-electron chi connectivity index (χ0n) is 14.8. The molecule has 0 radical (unpaired) electrons. The van der Waals surface area contributed by atoms with Gasteiger partial charge in [0, 0.05) is 18.7 Å². The fraction of sp³-hybridized carbons (Fsp3) is 0.222. The summed E-state index contributed by atoms with van der Waals surface area (Å²) in [5.41, 5.74) is 0.579. The van der Waals surface area contributed by atoms with Gasteiger partial charge in [-0.3, -0.25) is 9.59 Å². The molecule has 7 nitrogen and oxygen atoms in total. The van der Waals surface area contributed by atoms with E-state index in [1.165, 1.54) is 19.2 Å². The largest absolute Gasteiger partial charge is 0.496 e. The summed E-state index contributed by atoms with van der Waals surface area (Å²) in [4.78, 5) is 23.5. The van der Waals surface area contributed by atoms with E-state index < -0.39 is 32.3 Å². The highest BCUT2D eigenvalue weighted by atomic mass is 32.2. The van der Waals surface area contributed by atoms with Crippen molar-refractivity contribution >= 4 is 27.3 Å². The maximum atomic E-state index is 12.5. The number of hydrogen-bond acceptors (Lipinski definition) is 5. The Bertz CT molecular complexity index is 947. The molecule has 2 aromatic carbocycles. The molecule has 28 heavy (non-hydrogen) atoms. The van der Waals surface area contributed by atoms with Crippen LogP contribution >= 0.6 is 0 Å². The van der Waals surface area contributed by atoms with Gasteiger partial charge >= 0.3 is 5.76 Å². The van der Waals surface area contributed by atoms with Crippen LogP contribution in [0.15, 0.2) is 53.4 Å². The van der Waals surface area contributed by atoms with Gasteiger partial charge in [0.15, 0.2) is 0 Å². The predicted octanol–water partition coefficient (Wildman–Crippen LogP) is 2.45. The van der Waals surface area contributed by atoms with Crippen LogP contribution in [0.4, 0.5) is 14.5 Å². The molecule has 0 unspecified atom stereocenters. The molecule has 0 saturated carbocycles. The van der Waals surface area contributed by atoms with Crippen molar-refractivity contribution in [2.75, 3.05) is 19.0 Å². The number of hydrogen-bond donors (Lipinski definition) is 2. The van der Waals surface area contributed by atoms with Crippen LogP contribution in [-0.4, -0.2) is 39.6 Å². The summed E-state index contributed by atoms with van der Waals surface area (Å²) in [6.45, 7) is 0.0561. The number of amides is 2. The molecule has 0 aliphatic heterocycles. The van der Waals surface area contributed by atoms with Crippen LogP contribution in [0.3, 0.4) is 0 Å². The molecule has 2 rings (SSSR count). The van der Waals surface area contributed by atoms with E-state index in [0.717, 1.165) is 12.1 Å². The van der Waals surface area contributed by atoms with E-state index in [2.05, 4.69) is 10.6 Å². The number of rotatable bonds is 8. The normalized spacial score (nSPS) is 11.1. The number of carbonyl (C=O) groups is 2. The minimum absolute atomic E-state index is 0.0437. The van der Waals surface area contributed by atoms with Crippen LogP contribution in [0.25, 0.3) is 0 Å². The van der Waals surface area contributed by atoms with Crippen molar-refractivity contribution in [3.05, 3.63) is 54.1 Å². The Morgan fingerprint density at radius 2 is 1.71 bits per heavy atom. The standard InChI is InChI=1S/C18H18F2N2O5S/c1-27-15-5-3-2-4-14(15)17(24)21-11-10-16(23)22-12-6-8-13(9-7-12)28(25,26)18(19)20/h2-9,18H,10-11H2,1H3,(H,21,24)(H,22,23). The zero-order valence-corrected chi connectivity index (χ0v) is 15.6. The fourth-order valence-electron chi connectivity index (χ4n) is 2.27. The van der Waals surface area contributed by atoms with Gasteiger partial charge in [-0.05, 0) is 36.4 Å². The number of carbonyl (C=O) groups excluding carboxylic acids is 2. The average Bonchev–Trinajstić information content (AvgIpc) is 2.68. The Hall–Kier alpha value is -3.01. The van der Waals surface area contributed by atoms with E-state index in [1.807, 2.05) is 0 Å². The van der Waals surface area contributed by atoms with Gasteiger partial charge in [0.25, 0.3) is 5.91 Å². The van der Waals surface area contributed by atoms with Crippen molar-refractivity contribution in [1.82, 2.24) is 5.32 Å². The van der Waals surface area contributed by atoms with Gasteiger partial charge < -0.3 is 15.4 Å². The quantitative estimate of drug-likeness (QED) is 0.694. The number of halogens is 2. The molecule has 0 fully saturated rings. The zero-order chi connectivity index (χ0) is 20.7. The molecule has 0 atom stereocenters. The maximum absolute atomic E-state index is 12.5. The van der Waals surface area contributed by atoms with Gasteiger partial charge in [0.05, 0.1) is 17.6 Å². The van der Waals surface area contributed by atoms with Crippen molar-refractivity contribution in [2.24, 2.45) is 0 Å². The molecule has 0 aliphatic rings. The molecule has 2 N–H and O–H groups in total. The van der Waals surface area contributed by atoms with Gasteiger partial charge in [0.1, 0.15) is 5.75 Å². The lowest BCUT2D eigenvalue weighted by molar-refractivity contribution is -0.116. The number of alkyl halides is 2. The Kier molecular flexibility index (Phi) is 7.05. The number of sulfone groups is 1. The number of ether oxygens (including phenoxy) is 1. The van der Waals surface area contributed by atoms with Crippen molar-refractivity contribution in [3.63, 3.8) is 0 Å². The third-order valence-corrected chi connectivity index (χ3v) is 5.09. The van der Waals surface area contributed by atoms with Crippen molar-refractivity contribution in [3.8, 4) is 5.75 Å². The monoisotopic (exact) mass is 412 g/mol. The van der Waals surface area contributed by atoms with E-state index in [0.29, 0.717) is 11.3 Å². The first-order chi connectivity index (χ1) is 13.3. The molecule has 0 aliphatic carbocycles.